The molecule has 1 aliphatic rings. The Balaban J connectivity index is 2.30. The van der Waals surface area contributed by atoms with Gasteiger partial charge < -0.3 is 9.64 Å². The lowest BCUT2D eigenvalue weighted by Gasteiger charge is -2.27. The van der Waals surface area contributed by atoms with Crippen LogP contribution in [0.4, 0.5) is 14.6 Å². The highest BCUT2D eigenvalue weighted by molar-refractivity contribution is 6.30. The van der Waals surface area contributed by atoms with E-state index in [1.54, 1.807) is 4.90 Å². The maximum Gasteiger partial charge on any atom is 0.233 e. The smallest absolute Gasteiger partial charge is 0.233 e. The van der Waals surface area contributed by atoms with Crippen LogP contribution in [0.25, 0.3) is 0 Å². The average molecular weight is 235 g/mol. The van der Waals surface area contributed by atoms with E-state index in [9.17, 15) is 8.78 Å². The third-order valence-electron chi connectivity index (χ3n) is 2.18. The monoisotopic (exact) mass is 234 g/mol. The third kappa shape index (κ3) is 2.18. The molecule has 0 atom stereocenters. The fraction of sp³-hybridized carbons (Fsp3) is 0.444. The van der Waals surface area contributed by atoms with Gasteiger partial charge in [0.05, 0.1) is 18.2 Å². The Morgan fingerprint density at radius 3 is 2.67 bits per heavy atom. The van der Waals surface area contributed by atoms with E-state index in [0.29, 0.717) is 26.3 Å². The number of anilines is 1. The fourth-order valence-corrected chi connectivity index (χ4v) is 1.57. The first-order valence-electron chi connectivity index (χ1n) is 4.52. The second kappa shape index (κ2) is 4.28. The molecule has 0 radical (unpaired) electrons. The zero-order valence-corrected chi connectivity index (χ0v) is 8.60. The van der Waals surface area contributed by atoms with Crippen molar-refractivity contribution in [2.45, 2.75) is 0 Å². The minimum Gasteiger partial charge on any atom is -0.378 e. The molecule has 2 heterocycles. The molecule has 1 aromatic heterocycles. The Hall–Kier alpha value is -0.940. The normalized spacial score (nSPS) is 16.9. The number of nitrogens with zero attached hydrogens (tertiary/aromatic N) is 2. The third-order valence-corrected chi connectivity index (χ3v) is 2.44. The van der Waals surface area contributed by atoms with Gasteiger partial charge in [0.2, 0.25) is 5.95 Å². The van der Waals surface area contributed by atoms with Crippen LogP contribution < -0.4 is 4.90 Å². The number of hydrogen-bond donors (Lipinski definition) is 0. The maximum absolute atomic E-state index is 13.4. The highest BCUT2D eigenvalue weighted by Crippen LogP contribution is 2.22. The van der Waals surface area contributed by atoms with Gasteiger partial charge in [0.1, 0.15) is 0 Å². The van der Waals surface area contributed by atoms with E-state index in [2.05, 4.69) is 4.98 Å². The van der Waals surface area contributed by atoms with E-state index >= 15 is 0 Å². The zero-order valence-electron chi connectivity index (χ0n) is 7.84. The van der Waals surface area contributed by atoms with Crippen molar-refractivity contribution in [2.75, 3.05) is 31.2 Å². The summed E-state index contributed by atoms with van der Waals surface area (Å²) in [7, 11) is 0. The summed E-state index contributed by atoms with van der Waals surface area (Å²) >= 11 is 5.40. The zero-order chi connectivity index (χ0) is 10.8. The van der Waals surface area contributed by atoms with E-state index < -0.39 is 11.8 Å². The molecule has 82 valence electrons. The van der Waals surface area contributed by atoms with Crippen molar-refractivity contribution in [3.05, 3.63) is 22.9 Å². The first-order valence-corrected chi connectivity index (χ1v) is 4.90. The van der Waals surface area contributed by atoms with Crippen molar-refractivity contribution in [2.24, 2.45) is 0 Å². The van der Waals surface area contributed by atoms with E-state index in [4.69, 9.17) is 16.3 Å². The molecule has 0 N–H and O–H groups in total. The number of morpholine rings is 1. The number of halogens is 3. The number of hydrogen-bond acceptors (Lipinski definition) is 3. The molecule has 3 nitrogen and oxygen atoms in total. The van der Waals surface area contributed by atoms with Crippen LogP contribution in [-0.2, 0) is 4.74 Å². The molecule has 0 amide bonds. The molecule has 15 heavy (non-hydrogen) atoms. The van der Waals surface area contributed by atoms with Crippen molar-refractivity contribution < 1.29 is 13.5 Å². The number of aromatic nitrogens is 1. The largest absolute Gasteiger partial charge is 0.378 e. The standard InChI is InChI=1S/C9H9ClF2N2O/c10-6-5-7(11)9(13-8(6)12)14-1-3-15-4-2-14/h5H,1-4H2. The Morgan fingerprint density at radius 2 is 2.00 bits per heavy atom. The van der Waals surface area contributed by atoms with E-state index in [-0.39, 0.29) is 10.8 Å². The quantitative estimate of drug-likeness (QED) is 0.694. The summed E-state index contributed by atoms with van der Waals surface area (Å²) in [4.78, 5) is 5.13. The molecule has 1 fully saturated rings. The lowest BCUT2D eigenvalue weighted by Crippen LogP contribution is -2.37. The average Bonchev–Trinajstić information content (AvgIpc) is 2.25. The summed E-state index contributed by atoms with van der Waals surface area (Å²) < 4.78 is 31.6. The number of ether oxygens (including phenoxy) is 1. The first kappa shape index (κ1) is 10.6. The molecule has 0 unspecified atom stereocenters. The molecule has 2 rings (SSSR count). The van der Waals surface area contributed by atoms with E-state index in [1.165, 1.54) is 0 Å². The number of pyridine rings is 1. The lowest BCUT2D eigenvalue weighted by molar-refractivity contribution is 0.122. The van der Waals surface area contributed by atoms with Crippen LogP contribution in [0.1, 0.15) is 0 Å². The van der Waals surface area contributed by atoms with Crippen LogP contribution in [0.5, 0.6) is 0 Å². The van der Waals surface area contributed by atoms with Gasteiger partial charge in [-0.1, -0.05) is 11.6 Å². The second-order valence-electron chi connectivity index (χ2n) is 3.17. The van der Waals surface area contributed by atoms with Crippen LogP contribution >= 0.6 is 11.6 Å². The topological polar surface area (TPSA) is 25.4 Å². The molecule has 0 aromatic carbocycles. The predicted molar refractivity (Wildman–Crippen MR) is 52.2 cm³/mol. The van der Waals surface area contributed by atoms with Crippen LogP contribution in [0.3, 0.4) is 0 Å². The van der Waals surface area contributed by atoms with Crippen LogP contribution in [0, 0.1) is 11.8 Å². The van der Waals surface area contributed by atoms with Crippen molar-refractivity contribution >= 4 is 17.4 Å². The van der Waals surface area contributed by atoms with Gasteiger partial charge in [-0.2, -0.15) is 9.37 Å². The Labute approximate surface area is 90.6 Å². The van der Waals surface area contributed by atoms with Gasteiger partial charge in [0.25, 0.3) is 0 Å². The minimum atomic E-state index is -0.848. The van der Waals surface area contributed by atoms with E-state index in [1.807, 2.05) is 0 Å². The Bertz CT molecular complexity index is 369. The first-order chi connectivity index (χ1) is 7.18. The van der Waals surface area contributed by atoms with Gasteiger partial charge in [0, 0.05) is 19.2 Å². The fourth-order valence-electron chi connectivity index (χ4n) is 1.43. The van der Waals surface area contributed by atoms with Crippen molar-refractivity contribution in [3.8, 4) is 0 Å². The summed E-state index contributed by atoms with van der Waals surface area (Å²) in [5.41, 5.74) is 0. The molecule has 0 aliphatic carbocycles. The Kier molecular flexibility index (Phi) is 3.02. The summed E-state index contributed by atoms with van der Waals surface area (Å²) in [6.07, 6.45) is 0. The summed E-state index contributed by atoms with van der Waals surface area (Å²) in [5, 5.41) is -0.301. The van der Waals surface area contributed by atoms with Gasteiger partial charge in [0.15, 0.2) is 11.6 Å². The van der Waals surface area contributed by atoms with Crippen molar-refractivity contribution in [1.29, 1.82) is 0 Å². The molecule has 0 bridgehead atoms. The lowest BCUT2D eigenvalue weighted by atomic mass is 10.3. The Morgan fingerprint density at radius 1 is 1.33 bits per heavy atom. The number of rotatable bonds is 1. The summed E-state index contributed by atoms with van der Waals surface area (Å²) in [5.74, 6) is -1.46. The summed E-state index contributed by atoms with van der Waals surface area (Å²) in [6, 6.07) is 0.939. The molecule has 0 spiro atoms. The van der Waals surface area contributed by atoms with Gasteiger partial charge in [-0.3, -0.25) is 0 Å². The van der Waals surface area contributed by atoms with Crippen molar-refractivity contribution in [1.82, 2.24) is 4.98 Å². The highest BCUT2D eigenvalue weighted by Gasteiger charge is 2.18. The predicted octanol–water partition coefficient (Wildman–Crippen LogP) is 1.85. The SMILES string of the molecule is Fc1cc(Cl)c(F)nc1N1CCOCC1. The van der Waals surface area contributed by atoms with Crippen molar-refractivity contribution in [3.63, 3.8) is 0 Å². The molecule has 1 saturated heterocycles. The molecule has 1 aromatic rings. The summed E-state index contributed by atoms with van der Waals surface area (Å²) in [6.45, 7) is 1.99. The molecular formula is C9H9ClF2N2O. The van der Waals surface area contributed by atoms with Gasteiger partial charge >= 0.3 is 0 Å². The molecular weight excluding hydrogens is 226 g/mol. The maximum atomic E-state index is 13.4. The van der Waals surface area contributed by atoms with Crippen LogP contribution in [-0.4, -0.2) is 31.3 Å². The molecule has 0 saturated carbocycles. The highest BCUT2D eigenvalue weighted by atomic mass is 35.5. The van der Waals surface area contributed by atoms with E-state index in [0.717, 1.165) is 6.07 Å². The van der Waals surface area contributed by atoms with Gasteiger partial charge in [-0.25, -0.2) is 4.39 Å². The van der Waals surface area contributed by atoms with Crippen LogP contribution in [0.15, 0.2) is 6.07 Å². The second-order valence-corrected chi connectivity index (χ2v) is 3.57. The van der Waals surface area contributed by atoms with Gasteiger partial charge in [-0.05, 0) is 0 Å². The molecule has 1 aliphatic heterocycles. The molecule has 6 heteroatoms. The van der Waals surface area contributed by atoms with Gasteiger partial charge in [-0.15, -0.1) is 0 Å². The minimum absolute atomic E-state index is 0.000185. The van der Waals surface area contributed by atoms with Crippen LogP contribution in [0.2, 0.25) is 5.02 Å².